The van der Waals surface area contributed by atoms with Crippen molar-refractivity contribution < 1.29 is 28.6 Å². The molecule has 0 saturated carbocycles. The van der Waals surface area contributed by atoms with Gasteiger partial charge < -0.3 is 9.84 Å². The summed E-state index contributed by atoms with van der Waals surface area (Å²) in [7, 11) is 0. The topological polar surface area (TPSA) is 96.8 Å². The number of aromatic nitrogens is 1. The van der Waals surface area contributed by atoms with Gasteiger partial charge in [-0.2, -0.15) is 0 Å². The molecule has 1 aromatic heterocycles. The van der Waals surface area contributed by atoms with Gasteiger partial charge in [-0.1, -0.05) is 41.1 Å². The van der Waals surface area contributed by atoms with Crippen LogP contribution in [0, 0.1) is 12.7 Å². The quantitative estimate of drug-likeness (QED) is 0.228. The summed E-state index contributed by atoms with van der Waals surface area (Å²) in [6, 6.07) is 10.3. The first-order chi connectivity index (χ1) is 16.2. The number of aliphatic hydroxyl groups excluding tert-OH is 1. The summed E-state index contributed by atoms with van der Waals surface area (Å²) < 4.78 is 20.0. The molecular weight excluding hydrogens is 483 g/mol. The highest BCUT2D eigenvalue weighted by Gasteiger charge is 2.49. The minimum Gasteiger partial charge on any atom is -0.507 e. The lowest BCUT2D eigenvalue weighted by atomic mass is 9.95. The molecule has 7 nitrogen and oxygen atoms in total. The van der Waals surface area contributed by atoms with Crippen molar-refractivity contribution >= 4 is 51.5 Å². The van der Waals surface area contributed by atoms with Crippen molar-refractivity contribution in [3.63, 3.8) is 0 Å². The molecule has 4 rings (SSSR count). The van der Waals surface area contributed by atoms with Crippen molar-refractivity contribution in [2.24, 2.45) is 0 Å². The van der Waals surface area contributed by atoms with Gasteiger partial charge in [0.2, 0.25) is 0 Å². The van der Waals surface area contributed by atoms with Crippen LogP contribution in [0.2, 0.25) is 5.02 Å². The summed E-state index contributed by atoms with van der Waals surface area (Å²) in [6.07, 6.45) is 0. The molecule has 1 atom stereocenters. The summed E-state index contributed by atoms with van der Waals surface area (Å²) in [4.78, 5) is 44.0. The van der Waals surface area contributed by atoms with E-state index >= 15 is 0 Å². The highest BCUT2D eigenvalue weighted by atomic mass is 35.5. The SMILES string of the molecule is CCOC(=O)c1sc(N2C(=O)C(=O)C(=C(O)c3ccc(Cl)cc3)C2c2ccccc2F)nc1C. The van der Waals surface area contributed by atoms with Gasteiger partial charge in [0.05, 0.1) is 17.9 Å². The number of esters is 1. The monoisotopic (exact) mass is 500 g/mol. The third kappa shape index (κ3) is 4.08. The minimum absolute atomic E-state index is 0.00561. The van der Waals surface area contributed by atoms with E-state index in [1.54, 1.807) is 19.9 Å². The summed E-state index contributed by atoms with van der Waals surface area (Å²) in [5, 5.41) is 11.4. The summed E-state index contributed by atoms with van der Waals surface area (Å²) in [6.45, 7) is 3.36. The number of halogens is 2. The number of ketones is 1. The Hall–Kier alpha value is -3.56. The predicted molar refractivity (Wildman–Crippen MR) is 125 cm³/mol. The van der Waals surface area contributed by atoms with Gasteiger partial charge in [-0.3, -0.25) is 14.5 Å². The Kier molecular flexibility index (Phi) is 6.49. The first-order valence-corrected chi connectivity index (χ1v) is 11.4. The Morgan fingerprint density at radius 2 is 1.88 bits per heavy atom. The van der Waals surface area contributed by atoms with Gasteiger partial charge in [0.25, 0.3) is 5.78 Å². The van der Waals surface area contributed by atoms with E-state index in [2.05, 4.69) is 4.98 Å². The molecule has 0 spiro atoms. The van der Waals surface area contributed by atoms with Crippen LogP contribution < -0.4 is 4.90 Å². The van der Waals surface area contributed by atoms with Crippen LogP contribution in [0.15, 0.2) is 54.1 Å². The highest BCUT2D eigenvalue weighted by molar-refractivity contribution is 7.17. The average molecular weight is 501 g/mol. The maximum atomic E-state index is 14.9. The fourth-order valence-electron chi connectivity index (χ4n) is 3.66. The van der Waals surface area contributed by atoms with Crippen LogP contribution in [0.3, 0.4) is 0 Å². The molecule has 10 heteroatoms. The van der Waals surface area contributed by atoms with Crippen molar-refractivity contribution in [3.8, 4) is 0 Å². The van der Waals surface area contributed by atoms with Crippen LogP contribution in [0.25, 0.3) is 5.76 Å². The van der Waals surface area contributed by atoms with Crippen LogP contribution in [0.4, 0.5) is 9.52 Å². The number of carbonyl (C=O) groups excluding carboxylic acids is 3. The van der Waals surface area contributed by atoms with E-state index in [-0.39, 0.29) is 33.3 Å². The number of thiazole rings is 1. The highest BCUT2D eigenvalue weighted by Crippen LogP contribution is 2.44. The number of rotatable bonds is 5. The molecule has 2 aromatic carbocycles. The van der Waals surface area contributed by atoms with Gasteiger partial charge in [0.15, 0.2) is 5.13 Å². The van der Waals surface area contributed by atoms with E-state index in [1.807, 2.05) is 0 Å². The van der Waals surface area contributed by atoms with Crippen LogP contribution in [-0.2, 0) is 14.3 Å². The van der Waals surface area contributed by atoms with E-state index in [0.29, 0.717) is 10.7 Å². The second kappa shape index (κ2) is 9.36. The standard InChI is InChI=1S/C24H18ClFN2O5S/c1-3-33-23(32)21-12(2)27-24(34-21)28-18(15-6-4-5-7-16(15)26)17(20(30)22(28)31)19(29)13-8-10-14(25)11-9-13/h4-11,18,29H,3H2,1-2H3. The average Bonchev–Trinajstić information content (AvgIpc) is 3.31. The molecule has 1 fully saturated rings. The summed E-state index contributed by atoms with van der Waals surface area (Å²) >= 11 is 6.77. The number of hydrogen-bond acceptors (Lipinski definition) is 7. The third-order valence-electron chi connectivity index (χ3n) is 5.21. The molecule has 0 bridgehead atoms. The maximum absolute atomic E-state index is 14.9. The van der Waals surface area contributed by atoms with Crippen molar-refractivity contribution in [2.45, 2.75) is 19.9 Å². The minimum atomic E-state index is -1.31. The molecule has 0 radical (unpaired) electrons. The van der Waals surface area contributed by atoms with E-state index in [0.717, 1.165) is 16.2 Å². The normalized spacial score (nSPS) is 17.3. The van der Waals surface area contributed by atoms with Gasteiger partial charge >= 0.3 is 11.9 Å². The second-order valence-corrected chi connectivity index (χ2v) is 8.74. The van der Waals surface area contributed by atoms with Gasteiger partial charge in [0, 0.05) is 16.1 Å². The number of benzene rings is 2. The lowest BCUT2D eigenvalue weighted by Gasteiger charge is -2.23. The molecule has 2 heterocycles. The Balaban J connectivity index is 1.93. The number of ether oxygens (including phenoxy) is 1. The number of nitrogens with zero attached hydrogens (tertiary/aromatic N) is 2. The largest absolute Gasteiger partial charge is 0.507 e. The van der Waals surface area contributed by atoms with E-state index in [9.17, 15) is 23.9 Å². The number of Topliss-reactive ketones (excluding diaryl/α,β-unsaturated/α-hetero) is 1. The number of aryl methyl sites for hydroxylation is 1. The molecule has 0 aliphatic carbocycles. The zero-order chi connectivity index (χ0) is 24.6. The Morgan fingerprint density at radius 1 is 1.21 bits per heavy atom. The molecule has 1 amide bonds. The second-order valence-electron chi connectivity index (χ2n) is 7.33. The molecule has 1 aliphatic heterocycles. The van der Waals surface area contributed by atoms with Crippen molar-refractivity contribution in [1.82, 2.24) is 4.98 Å². The smallest absolute Gasteiger partial charge is 0.350 e. The Bertz CT molecular complexity index is 1340. The van der Waals surface area contributed by atoms with E-state index < -0.39 is 35.3 Å². The predicted octanol–water partition coefficient (Wildman–Crippen LogP) is 5.05. The first-order valence-electron chi connectivity index (χ1n) is 10.2. The van der Waals surface area contributed by atoms with Crippen LogP contribution in [0.5, 0.6) is 0 Å². The fourth-order valence-corrected chi connectivity index (χ4v) is 4.77. The van der Waals surface area contributed by atoms with E-state index in [1.165, 1.54) is 42.5 Å². The van der Waals surface area contributed by atoms with E-state index in [4.69, 9.17) is 16.3 Å². The number of amides is 1. The molecule has 174 valence electrons. The first kappa shape index (κ1) is 23.6. The van der Waals surface area contributed by atoms with Gasteiger partial charge in [-0.25, -0.2) is 14.2 Å². The number of aliphatic hydroxyl groups is 1. The zero-order valence-corrected chi connectivity index (χ0v) is 19.6. The molecule has 34 heavy (non-hydrogen) atoms. The fraction of sp³-hybridized carbons (Fsp3) is 0.167. The third-order valence-corrected chi connectivity index (χ3v) is 6.60. The van der Waals surface area contributed by atoms with Crippen LogP contribution in [0.1, 0.15) is 39.5 Å². The number of hydrogen-bond donors (Lipinski definition) is 1. The number of carbonyl (C=O) groups is 3. The summed E-state index contributed by atoms with van der Waals surface area (Å²) in [5.74, 6) is -3.80. The van der Waals surface area contributed by atoms with Crippen molar-refractivity contribution in [2.75, 3.05) is 11.5 Å². The van der Waals surface area contributed by atoms with Gasteiger partial charge in [0.1, 0.15) is 22.5 Å². The van der Waals surface area contributed by atoms with Gasteiger partial charge in [-0.15, -0.1) is 0 Å². The van der Waals surface area contributed by atoms with Gasteiger partial charge in [-0.05, 0) is 44.2 Å². The van der Waals surface area contributed by atoms with Crippen LogP contribution in [-0.4, -0.2) is 34.4 Å². The zero-order valence-electron chi connectivity index (χ0n) is 18.0. The lowest BCUT2D eigenvalue weighted by Crippen LogP contribution is -2.29. The molecular formula is C24H18ClFN2O5S. The number of anilines is 1. The Labute approximate surface area is 203 Å². The van der Waals surface area contributed by atoms with Crippen LogP contribution >= 0.6 is 22.9 Å². The molecule has 3 aromatic rings. The molecule has 1 unspecified atom stereocenters. The molecule has 1 aliphatic rings. The van der Waals surface area contributed by atoms with Crippen molar-refractivity contribution in [1.29, 1.82) is 0 Å². The summed E-state index contributed by atoms with van der Waals surface area (Å²) in [5.41, 5.74) is 0.210. The Morgan fingerprint density at radius 3 is 2.53 bits per heavy atom. The van der Waals surface area contributed by atoms with Crippen molar-refractivity contribution in [3.05, 3.63) is 86.6 Å². The maximum Gasteiger partial charge on any atom is 0.350 e. The molecule has 1 saturated heterocycles. The molecule has 1 N–H and O–H groups in total. The lowest BCUT2D eigenvalue weighted by molar-refractivity contribution is -0.132.